The van der Waals surface area contributed by atoms with Gasteiger partial charge in [0.25, 0.3) is 5.91 Å². The number of rotatable bonds is 6. The van der Waals surface area contributed by atoms with E-state index in [0.29, 0.717) is 11.3 Å². The van der Waals surface area contributed by atoms with Crippen molar-refractivity contribution >= 4 is 21.8 Å². The van der Waals surface area contributed by atoms with E-state index in [-0.39, 0.29) is 11.9 Å². The van der Waals surface area contributed by atoms with Crippen LogP contribution in [0.1, 0.15) is 29.3 Å². The lowest BCUT2D eigenvalue weighted by Crippen LogP contribution is -2.33. The molecule has 3 nitrogen and oxygen atoms in total. The van der Waals surface area contributed by atoms with E-state index in [1.165, 1.54) is 5.56 Å². The topological polar surface area (TPSA) is 38.3 Å². The Kier molecular flexibility index (Phi) is 6.01. The highest BCUT2D eigenvalue weighted by atomic mass is 79.9. The van der Waals surface area contributed by atoms with Gasteiger partial charge in [-0.3, -0.25) is 4.79 Å². The minimum atomic E-state index is -0.0914. The molecule has 0 bridgehead atoms. The molecule has 0 spiro atoms. The van der Waals surface area contributed by atoms with E-state index in [9.17, 15) is 4.79 Å². The Morgan fingerprint density at radius 3 is 2.64 bits per heavy atom. The van der Waals surface area contributed by atoms with Gasteiger partial charge >= 0.3 is 0 Å². The summed E-state index contributed by atoms with van der Waals surface area (Å²) in [6.45, 7) is 2.02. The van der Waals surface area contributed by atoms with Crippen molar-refractivity contribution in [3.63, 3.8) is 0 Å². The van der Waals surface area contributed by atoms with Crippen molar-refractivity contribution in [2.75, 3.05) is 7.11 Å². The van der Waals surface area contributed by atoms with Crippen LogP contribution in [0, 0.1) is 0 Å². The Labute approximate surface area is 139 Å². The SMILES string of the molecule is COc1ccc(Br)c(C(=O)NC(C)CCc2ccccc2)c1. The summed E-state index contributed by atoms with van der Waals surface area (Å²) in [5.41, 5.74) is 1.87. The zero-order valence-electron chi connectivity index (χ0n) is 12.8. The fourth-order valence-corrected chi connectivity index (χ4v) is 2.63. The van der Waals surface area contributed by atoms with Gasteiger partial charge in [0.15, 0.2) is 0 Å². The number of nitrogens with one attached hydrogen (secondary N) is 1. The van der Waals surface area contributed by atoms with Gasteiger partial charge in [0.2, 0.25) is 0 Å². The second-order valence-electron chi connectivity index (χ2n) is 5.24. The first kappa shape index (κ1) is 16.6. The third-order valence-electron chi connectivity index (χ3n) is 3.50. The highest BCUT2D eigenvalue weighted by Crippen LogP contribution is 2.22. The summed E-state index contributed by atoms with van der Waals surface area (Å²) in [5, 5.41) is 3.03. The molecule has 0 saturated carbocycles. The lowest BCUT2D eigenvalue weighted by Gasteiger charge is -2.15. The monoisotopic (exact) mass is 361 g/mol. The molecule has 0 aromatic heterocycles. The molecule has 4 heteroatoms. The van der Waals surface area contributed by atoms with Crippen molar-refractivity contribution < 1.29 is 9.53 Å². The normalized spacial score (nSPS) is 11.8. The van der Waals surface area contributed by atoms with Crippen molar-refractivity contribution in [3.05, 3.63) is 64.1 Å². The van der Waals surface area contributed by atoms with E-state index in [1.54, 1.807) is 13.2 Å². The van der Waals surface area contributed by atoms with Gasteiger partial charge in [0.1, 0.15) is 5.75 Å². The van der Waals surface area contributed by atoms with Gasteiger partial charge in [-0.25, -0.2) is 0 Å². The first-order chi connectivity index (χ1) is 10.6. The van der Waals surface area contributed by atoms with E-state index in [2.05, 4.69) is 33.4 Å². The van der Waals surface area contributed by atoms with E-state index in [0.717, 1.165) is 17.3 Å². The van der Waals surface area contributed by atoms with E-state index in [1.807, 2.05) is 37.3 Å². The molecule has 1 amide bonds. The third kappa shape index (κ3) is 4.60. The molecule has 22 heavy (non-hydrogen) atoms. The standard InChI is InChI=1S/C18H20BrNO2/c1-13(8-9-14-6-4-3-5-7-14)20-18(21)16-12-15(22-2)10-11-17(16)19/h3-7,10-13H,8-9H2,1-2H3,(H,20,21). The molecular formula is C18H20BrNO2. The maximum atomic E-state index is 12.4. The predicted octanol–water partition coefficient (Wildman–Crippen LogP) is 4.21. The largest absolute Gasteiger partial charge is 0.497 e. The number of aryl methyl sites for hydroxylation is 1. The van der Waals surface area contributed by atoms with Crippen molar-refractivity contribution in [2.24, 2.45) is 0 Å². The van der Waals surface area contributed by atoms with Crippen LogP contribution < -0.4 is 10.1 Å². The molecule has 1 unspecified atom stereocenters. The van der Waals surface area contributed by atoms with Crippen LogP contribution in [0.15, 0.2) is 53.0 Å². The summed E-state index contributed by atoms with van der Waals surface area (Å²) in [6.07, 6.45) is 1.85. The molecule has 2 aromatic carbocycles. The average Bonchev–Trinajstić information content (AvgIpc) is 2.54. The van der Waals surface area contributed by atoms with Gasteiger partial charge in [-0.15, -0.1) is 0 Å². The number of hydrogen-bond acceptors (Lipinski definition) is 2. The summed E-state index contributed by atoms with van der Waals surface area (Å²) in [6, 6.07) is 15.8. The second-order valence-corrected chi connectivity index (χ2v) is 6.10. The Balaban J connectivity index is 1.93. The highest BCUT2D eigenvalue weighted by Gasteiger charge is 2.14. The molecule has 0 radical (unpaired) electrons. The molecule has 1 N–H and O–H groups in total. The fraction of sp³-hybridized carbons (Fsp3) is 0.278. The van der Waals surface area contributed by atoms with E-state index in [4.69, 9.17) is 4.74 Å². The summed E-state index contributed by atoms with van der Waals surface area (Å²) >= 11 is 3.41. The van der Waals surface area contributed by atoms with Crippen molar-refractivity contribution in [1.29, 1.82) is 0 Å². The van der Waals surface area contributed by atoms with Crippen LogP contribution >= 0.6 is 15.9 Å². The van der Waals surface area contributed by atoms with Gasteiger partial charge in [0.05, 0.1) is 12.7 Å². The van der Waals surface area contributed by atoms with Gasteiger partial charge in [-0.1, -0.05) is 30.3 Å². The molecule has 1 atom stereocenters. The molecule has 116 valence electrons. The van der Waals surface area contributed by atoms with Crippen molar-refractivity contribution in [3.8, 4) is 5.75 Å². The Bertz CT molecular complexity index is 628. The number of amides is 1. The number of methoxy groups -OCH3 is 1. The van der Waals surface area contributed by atoms with Crippen molar-refractivity contribution in [2.45, 2.75) is 25.8 Å². The summed E-state index contributed by atoms with van der Waals surface area (Å²) < 4.78 is 5.93. The van der Waals surface area contributed by atoms with Crippen LogP contribution in [-0.2, 0) is 6.42 Å². The van der Waals surface area contributed by atoms with Crippen LogP contribution in [0.5, 0.6) is 5.75 Å². The van der Waals surface area contributed by atoms with Gasteiger partial charge in [-0.05, 0) is 59.5 Å². The van der Waals surface area contributed by atoms with Crippen LogP contribution in [0.25, 0.3) is 0 Å². The molecule has 2 aromatic rings. The van der Waals surface area contributed by atoms with E-state index < -0.39 is 0 Å². The summed E-state index contributed by atoms with van der Waals surface area (Å²) in [4.78, 5) is 12.4. The number of halogens is 1. The summed E-state index contributed by atoms with van der Waals surface area (Å²) in [7, 11) is 1.59. The maximum absolute atomic E-state index is 12.4. The third-order valence-corrected chi connectivity index (χ3v) is 4.20. The zero-order chi connectivity index (χ0) is 15.9. The number of ether oxygens (including phenoxy) is 1. The second kappa shape index (κ2) is 7.99. The highest BCUT2D eigenvalue weighted by molar-refractivity contribution is 9.10. The molecule has 0 heterocycles. The lowest BCUT2D eigenvalue weighted by molar-refractivity contribution is 0.0937. The molecule has 0 aliphatic heterocycles. The van der Waals surface area contributed by atoms with Gasteiger partial charge in [-0.2, -0.15) is 0 Å². The minimum absolute atomic E-state index is 0.0914. The minimum Gasteiger partial charge on any atom is -0.497 e. The quantitative estimate of drug-likeness (QED) is 0.836. The first-order valence-corrected chi connectivity index (χ1v) is 8.08. The van der Waals surface area contributed by atoms with Gasteiger partial charge in [0, 0.05) is 10.5 Å². The van der Waals surface area contributed by atoms with Crippen LogP contribution in [0.4, 0.5) is 0 Å². The fourth-order valence-electron chi connectivity index (χ4n) is 2.21. The molecule has 0 fully saturated rings. The zero-order valence-corrected chi connectivity index (χ0v) is 14.4. The average molecular weight is 362 g/mol. The lowest BCUT2D eigenvalue weighted by atomic mass is 10.1. The molecule has 2 rings (SSSR count). The molecule has 0 aliphatic carbocycles. The van der Waals surface area contributed by atoms with E-state index >= 15 is 0 Å². The van der Waals surface area contributed by atoms with Crippen LogP contribution in [-0.4, -0.2) is 19.1 Å². The Hall–Kier alpha value is -1.81. The number of carbonyl (C=O) groups is 1. The number of hydrogen-bond donors (Lipinski definition) is 1. The van der Waals surface area contributed by atoms with Crippen LogP contribution in [0.2, 0.25) is 0 Å². The smallest absolute Gasteiger partial charge is 0.252 e. The number of benzene rings is 2. The summed E-state index contributed by atoms with van der Waals surface area (Å²) in [5.74, 6) is 0.580. The maximum Gasteiger partial charge on any atom is 0.252 e. The predicted molar refractivity (Wildman–Crippen MR) is 92.4 cm³/mol. The van der Waals surface area contributed by atoms with Crippen molar-refractivity contribution in [1.82, 2.24) is 5.32 Å². The number of carbonyl (C=O) groups excluding carboxylic acids is 1. The first-order valence-electron chi connectivity index (χ1n) is 7.28. The molecular weight excluding hydrogens is 342 g/mol. The van der Waals surface area contributed by atoms with Crippen LogP contribution in [0.3, 0.4) is 0 Å². The Morgan fingerprint density at radius 2 is 1.95 bits per heavy atom. The molecule has 0 saturated heterocycles. The molecule has 0 aliphatic rings. The Morgan fingerprint density at radius 1 is 1.23 bits per heavy atom. The van der Waals surface area contributed by atoms with Gasteiger partial charge < -0.3 is 10.1 Å².